The average molecular weight is 619 g/mol. The van der Waals surface area contributed by atoms with Gasteiger partial charge < -0.3 is 16.0 Å². The van der Waals surface area contributed by atoms with Gasteiger partial charge in [-0.2, -0.15) is 0 Å². The van der Waals surface area contributed by atoms with Gasteiger partial charge in [-0.15, -0.1) is 23.1 Å². The molecule has 0 saturated carbocycles. The van der Waals surface area contributed by atoms with Crippen molar-refractivity contribution in [1.82, 2.24) is 10.3 Å². The molecule has 5 aromatic rings. The predicted molar refractivity (Wildman–Crippen MR) is 180 cm³/mol. The van der Waals surface area contributed by atoms with E-state index in [2.05, 4.69) is 20.9 Å². The van der Waals surface area contributed by atoms with E-state index in [0.717, 1.165) is 27.3 Å². The number of nitrogens with one attached hydrogen (secondary N) is 3. The molecule has 44 heavy (non-hydrogen) atoms. The van der Waals surface area contributed by atoms with Crippen LogP contribution >= 0.6 is 23.1 Å². The molecule has 0 bridgehead atoms. The highest BCUT2D eigenvalue weighted by molar-refractivity contribution is 8.00. The molecule has 220 valence electrons. The topological polar surface area (TPSA) is 100 Å². The summed E-state index contributed by atoms with van der Waals surface area (Å²) in [6, 6.07) is 31.6. The Balaban J connectivity index is 1.23. The molecule has 0 aliphatic carbocycles. The van der Waals surface area contributed by atoms with Crippen molar-refractivity contribution in [3.05, 3.63) is 136 Å². The van der Waals surface area contributed by atoms with Gasteiger partial charge in [-0.3, -0.25) is 14.4 Å². The third-order valence-electron chi connectivity index (χ3n) is 6.58. The van der Waals surface area contributed by atoms with Crippen LogP contribution in [-0.4, -0.2) is 28.5 Å². The molecule has 0 fully saturated rings. The quantitative estimate of drug-likeness (QED) is 0.111. The van der Waals surface area contributed by atoms with E-state index in [-0.39, 0.29) is 23.3 Å². The summed E-state index contributed by atoms with van der Waals surface area (Å²) in [6.45, 7) is 3.97. The highest BCUT2D eigenvalue weighted by atomic mass is 32.2. The van der Waals surface area contributed by atoms with Crippen LogP contribution < -0.4 is 16.0 Å². The number of rotatable bonds is 10. The third-order valence-corrected chi connectivity index (χ3v) is 8.33. The van der Waals surface area contributed by atoms with Crippen molar-refractivity contribution < 1.29 is 14.4 Å². The second kappa shape index (κ2) is 14.5. The summed E-state index contributed by atoms with van der Waals surface area (Å²) in [6.07, 6.45) is 1.66. The van der Waals surface area contributed by atoms with Gasteiger partial charge in [0.2, 0.25) is 5.91 Å². The Morgan fingerprint density at radius 3 is 2.36 bits per heavy atom. The molecular formula is C35H30N4O3S2. The molecule has 0 aliphatic heterocycles. The number of aryl methyl sites for hydroxylation is 2. The van der Waals surface area contributed by atoms with Gasteiger partial charge in [0.15, 0.2) is 5.13 Å². The average Bonchev–Trinajstić information content (AvgIpc) is 3.50. The summed E-state index contributed by atoms with van der Waals surface area (Å²) < 4.78 is 0. The van der Waals surface area contributed by atoms with E-state index < -0.39 is 5.91 Å². The summed E-state index contributed by atoms with van der Waals surface area (Å²) in [4.78, 5) is 44.4. The van der Waals surface area contributed by atoms with Crippen LogP contribution in [0.1, 0.15) is 27.0 Å². The lowest BCUT2D eigenvalue weighted by Crippen LogP contribution is -2.30. The second-order valence-corrected chi connectivity index (χ2v) is 11.9. The fourth-order valence-corrected chi connectivity index (χ4v) is 5.69. The fraction of sp³-hybridized carbons (Fsp3) is 0.0857. The Kier molecular flexibility index (Phi) is 10.0. The maximum Gasteiger partial charge on any atom is 0.272 e. The minimum Gasteiger partial charge on any atom is -0.321 e. The number of thiazole rings is 1. The number of benzene rings is 4. The normalized spacial score (nSPS) is 11.1. The standard InChI is InChI=1S/C35H30N4O3S2/c1-23-15-17-25(18-16-23)31-21-44-35(38-31)39-32(40)22-43-29-14-8-13-28(20-29)36-34(42)30(19-27-12-7-6-9-24(27)2)37-33(41)26-10-4-3-5-11-26/h3-21H,22H2,1-2H3,(H,36,42)(H,37,41)(H,38,39,40)/b30-19-. The van der Waals surface area contributed by atoms with Crippen LogP contribution in [0.4, 0.5) is 10.8 Å². The van der Waals surface area contributed by atoms with Gasteiger partial charge in [0.05, 0.1) is 11.4 Å². The summed E-state index contributed by atoms with van der Waals surface area (Å²) in [5.41, 5.74) is 5.85. The second-order valence-electron chi connectivity index (χ2n) is 9.96. The van der Waals surface area contributed by atoms with Crippen molar-refractivity contribution in [3.63, 3.8) is 0 Å². The molecule has 3 amide bonds. The molecule has 9 heteroatoms. The lowest BCUT2D eigenvalue weighted by molar-refractivity contribution is -0.114. The first kappa shape index (κ1) is 30.5. The van der Waals surface area contributed by atoms with Gasteiger partial charge in [0.1, 0.15) is 5.70 Å². The maximum atomic E-state index is 13.4. The van der Waals surface area contributed by atoms with Crippen LogP contribution in [0.2, 0.25) is 0 Å². The lowest BCUT2D eigenvalue weighted by Gasteiger charge is -2.13. The zero-order valence-electron chi connectivity index (χ0n) is 24.2. The molecule has 0 unspecified atom stereocenters. The van der Waals surface area contributed by atoms with Crippen molar-refractivity contribution in [1.29, 1.82) is 0 Å². The monoisotopic (exact) mass is 618 g/mol. The van der Waals surface area contributed by atoms with E-state index in [1.807, 2.05) is 79.9 Å². The van der Waals surface area contributed by atoms with Crippen LogP contribution in [0.15, 0.2) is 119 Å². The molecule has 0 saturated heterocycles. The number of amides is 3. The van der Waals surface area contributed by atoms with Gasteiger partial charge in [-0.05, 0) is 61.4 Å². The fourth-order valence-electron chi connectivity index (χ4n) is 4.20. The molecule has 0 atom stereocenters. The van der Waals surface area contributed by atoms with E-state index in [0.29, 0.717) is 16.4 Å². The minimum atomic E-state index is -0.467. The number of hydrogen-bond acceptors (Lipinski definition) is 6. The van der Waals surface area contributed by atoms with Crippen LogP contribution in [0, 0.1) is 13.8 Å². The third kappa shape index (κ3) is 8.31. The van der Waals surface area contributed by atoms with Crippen LogP contribution in [0.25, 0.3) is 17.3 Å². The van der Waals surface area contributed by atoms with Crippen molar-refractivity contribution in [2.24, 2.45) is 0 Å². The van der Waals surface area contributed by atoms with Crippen LogP contribution in [-0.2, 0) is 9.59 Å². The number of thioether (sulfide) groups is 1. The summed E-state index contributed by atoms with van der Waals surface area (Å²) >= 11 is 2.72. The van der Waals surface area contributed by atoms with Crippen molar-refractivity contribution in [3.8, 4) is 11.3 Å². The van der Waals surface area contributed by atoms with E-state index >= 15 is 0 Å². The number of hydrogen-bond donors (Lipinski definition) is 3. The van der Waals surface area contributed by atoms with Crippen molar-refractivity contribution in [2.45, 2.75) is 18.7 Å². The van der Waals surface area contributed by atoms with E-state index in [1.165, 1.54) is 28.7 Å². The zero-order chi connectivity index (χ0) is 30.9. The van der Waals surface area contributed by atoms with Gasteiger partial charge in [0, 0.05) is 27.1 Å². The molecule has 1 heterocycles. The first-order chi connectivity index (χ1) is 21.3. The number of anilines is 2. The number of aromatic nitrogens is 1. The summed E-state index contributed by atoms with van der Waals surface area (Å²) in [7, 11) is 0. The molecule has 0 aliphatic rings. The summed E-state index contributed by atoms with van der Waals surface area (Å²) in [5.74, 6) is -0.864. The van der Waals surface area contributed by atoms with Crippen LogP contribution in [0.5, 0.6) is 0 Å². The molecular weight excluding hydrogens is 589 g/mol. The molecule has 4 aromatic carbocycles. The minimum absolute atomic E-state index is 0.110. The van der Waals surface area contributed by atoms with Crippen LogP contribution in [0.3, 0.4) is 0 Å². The Morgan fingerprint density at radius 1 is 0.841 bits per heavy atom. The largest absolute Gasteiger partial charge is 0.321 e. The van der Waals surface area contributed by atoms with E-state index in [4.69, 9.17) is 0 Å². The molecule has 7 nitrogen and oxygen atoms in total. The Bertz CT molecular complexity index is 1820. The van der Waals surface area contributed by atoms with Gasteiger partial charge in [-0.25, -0.2) is 4.98 Å². The van der Waals surface area contributed by atoms with Gasteiger partial charge >= 0.3 is 0 Å². The van der Waals surface area contributed by atoms with Crippen molar-refractivity contribution in [2.75, 3.05) is 16.4 Å². The highest BCUT2D eigenvalue weighted by Gasteiger charge is 2.16. The zero-order valence-corrected chi connectivity index (χ0v) is 25.8. The number of nitrogens with zero attached hydrogens (tertiary/aromatic N) is 1. The summed E-state index contributed by atoms with van der Waals surface area (Å²) in [5, 5.41) is 11.0. The Labute approximate surface area is 264 Å². The first-order valence-corrected chi connectivity index (χ1v) is 15.7. The Morgan fingerprint density at radius 2 is 1.59 bits per heavy atom. The van der Waals surface area contributed by atoms with E-state index in [9.17, 15) is 14.4 Å². The lowest BCUT2D eigenvalue weighted by atomic mass is 10.1. The number of carbonyl (C=O) groups excluding carboxylic acids is 3. The number of carbonyl (C=O) groups is 3. The molecule has 5 rings (SSSR count). The molecule has 3 N–H and O–H groups in total. The van der Waals surface area contributed by atoms with Crippen molar-refractivity contribution >= 4 is 57.7 Å². The first-order valence-electron chi connectivity index (χ1n) is 13.8. The maximum absolute atomic E-state index is 13.4. The van der Waals surface area contributed by atoms with Gasteiger partial charge in [0.25, 0.3) is 11.8 Å². The van der Waals surface area contributed by atoms with E-state index in [1.54, 1.807) is 48.5 Å². The predicted octanol–water partition coefficient (Wildman–Crippen LogP) is 7.57. The highest BCUT2D eigenvalue weighted by Crippen LogP contribution is 2.26. The molecule has 0 radical (unpaired) electrons. The molecule has 0 spiro atoms. The SMILES string of the molecule is Cc1ccc(-c2csc(NC(=O)CSc3cccc(NC(=O)/C(=C/c4ccccc4C)NC(=O)c4ccccc4)c3)n2)cc1. The van der Waals surface area contributed by atoms with Gasteiger partial charge in [-0.1, -0.05) is 78.4 Å². The smallest absolute Gasteiger partial charge is 0.272 e. The Hall–Kier alpha value is -4.99. The molecule has 1 aromatic heterocycles.